The van der Waals surface area contributed by atoms with Crippen LogP contribution in [0.5, 0.6) is 0 Å². The van der Waals surface area contributed by atoms with Crippen molar-refractivity contribution in [1.29, 1.82) is 10.5 Å². The molecule has 1 rings (SSSR count). The van der Waals surface area contributed by atoms with Crippen LogP contribution in [0.3, 0.4) is 0 Å². The van der Waals surface area contributed by atoms with Crippen molar-refractivity contribution in [2.75, 3.05) is 42.2 Å². The average Bonchev–Trinajstić information content (AvgIpc) is 2.45. The molecule has 0 radical (unpaired) electrons. The molecule has 0 saturated heterocycles. The molecular weight excluding hydrogens is 254 g/mol. The van der Waals surface area contributed by atoms with Gasteiger partial charge in [-0.25, -0.2) is 9.97 Å². The number of anilines is 3. The molecule has 20 heavy (non-hydrogen) atoms. The van der Waals surface area contributed by atoms with Crippen LogP contribution in [0.4, 0.5) is 17.3 Å². The maximum Gasteiger partial charge on any atom is 0.159 e. The molecule has 1 aromatic rings. The van der Waals surface area contributed by atoms with Crippen molar-refractivity contribution < 1.29 is 0 Å². The summed E-state index contributed by atoms with van der Waals surface area (Å²) in [7, 11) is 1.91. The van der Waals surface area contributed by atoms with Crippen molar-refractivity contribution >= 4 is 17.3 Å². The molecule has 2 N–H and O–H groups in total. The average molecular weight is 273 g/mol. The van der Waals surface area contributed by atoms with E-state index < -0.39 is 0 Å². The number of nitriles is 2. The number of nitrogen functional groups attached to an aromatic ring is 1. The van der Waals surface area contributed by atoms with Crippen LogP contribution in [0.25, 0.3) is 0 Å². The van der Waals surface area contributed by atoms with Crippen LogP contribution in [0.2, 0.25) is 0 Å². The zero-order valence-corrected chi connectivity index (χ0v) is 11.9. The third-order valence-corrected chi connectivity index (χ3v) is 2.87. The first-order valence-corrected chi connectivity index (χ1v) is 6.46. The molecule has 0 aliphatic carbocycles. The Hall–Kier alpha value is -2.54. The van der Waals surface area contributed by atoms with Crippen molar-refractivity contribution in [3.8, 4) is 12.1 Å². The lowest BCUT2D eigenvalue weighted by molar-refractivity contribution is 0.758. The van der Waals surface area contributed by atoms with Crippen LogP contribution in [0.1, 0.15) is 19.8 Å². The first kappa shape index (κ1) is 15.5. The number of hydrogen-bond acceptors (Lipinski definition) is 7. The first-order chi connectivity index (χ1) is 9.65. The zero-order chi connectivity index (χ0) is 15.0. The number of unbranched alkanes of at least 4 members (excludes halogenated alkanes) is 1. The Kier molecular flexibility index (Phi) is 6.05. The predicted molar refractivity (Wildman–Crippen MR) is 78.1 cm³/mol. The molecule has 0 fully saturated rings. The Morgan fingerprint density at radius 2 is 1.80 bits per heavy atom. The third kappa shape index (κ3) is 3.72. The van der Waals surface area contributed by atoms with Crippen LogP contribution in [-0.2, 0) is 0 Å². The van der Waals surface area contributed by atoms with Gasteiger partial charge in [-0.3, -0.25) is 0 Å². The van der Waals surface area contributed by atoms with Crippen molar-refractivity contribution in [2.45, 2.75) is 19.8 Å². The standard InChI is InChI=1S/C13H19N7/c1-3-4-7-19(2)12-11(16)13(18-10-17-12)20(8-5-14)9-6-15/h10H,3-4,7-9,16H2,1-2H3. The number of hydrogen-bond donors (Lipinski definition) is 1. The summed E-state index contributed by atoms with van der Waals surface area (Å²) in [5, 5.41) is 17.6. The minimum atomic E-state index is 0.0624. The second-order valence-electron chi connectivity index (χ2n) is 4.38. The van der Waals surface area contributed by atoms with Gasteiger partial charge in [-0.05, 0) is 6.42 Å². The summed E-state index contributed by atoms with van der Waals surface area (Å²) in [4.78, 5) is 11.8. The fourth-order valence-electron chi connectivity index (χ4n) is 1.81. The summed E-state index contributed by atoms with van der Waals surface area (Å²) in [5.74, 6) is 1.06. The molecule has 7 nitrogen and oxygen atoms in total. The molecule has 0 aromatic carbocycles. The smallest absolute Gasteiger partial charge is 0.159 e. The van der Waals surface area contributed by atoms with E-state index in [-0.39, 0.29) is 13.1 Å². The van der Waals surface area contributed by atoms with Gasteiger partial charge in [0.2, 0.25) is 0 Å². The summed E-state index contributed by atoms with van der Waals surface area (Å²) in [5.41, 5.74) is 6.49. The highest BCUT2D eigenvalue weighted by atomic mass is 15.2. The van der Waals surface area contributed by atoms with E-state index in [0.29, 0.717) is 17.3 Å². The highest BCUT2D eigenvalue weighted by Crippen LogP contribution is 2.28. The van der Waals surface area contributed by atoms with Gasteiger partial charge in [-0.15, -0.1) is 0 Å². The summed E-state index contributed by atoms with van der Waals surface area (Å²) in [6.45, 7) is 3.08. The molecule has 106 valence electrons. The summed E-state index contributed by atoms with van der Waals surface area (Å²) < 4.78 is 0. The van der Waals surface area contributed by atoms with Gasteiger partial charge in [0.1, 0.15) is 25.1 Å². The first-order valence-electron chi connectivity index (χ1n) is 6.46. The van der Waals surface area contributed by atoms with Crippen LogP contribution >= 0.6 is 0 Å². The highest BCUT2D eigenvalue weighted by Gasteiger charge is 2.16. The molecule has 0 spiro atoms. The van der Waals surface area contributed by atoms with E-state index in [1.54, 1.807) is 0 Å². The number of nitrogens with zero attached hydrogens (tertiary/aromatic N) is 6. The van der Waals surface area contributed by atoms with Gasteiger partial charge in [0.05, 0.1) is 12.1 Å². The molecule has 7 heteroatoms. The quantitative estimate of drug-likeness (QED) is 0.742. The van der Waals surface area contributed by atoms with Crippen LogP contribution in [0.15, 0.2) is 6.33 Å². The van der Waals surface area contributed by atoms with Gasteiger partial charge in [-0.2, -0.15) is 10.5 Å². The van der Waals surface area contributed by atoms with E-state index in [9.17, 15) is 0 Å². The molecule has 0 atom stereocenters. The summed E-state index contributed by atoms with van der Waals surface area (Å²) >= 11 is 0. The Labute approximate surface area is 119 Å². The lowest BCUT2D eigenvalue weighted by atomic mass is 10.3. The topological polar surface area (TPSA) is 106 Å². The van der Waals surface area contributed by atoms with Crippen molar-refractivity contribution in [1.82, 2.24) is 9.97 Å². The highest BCUT2D eigenvalue weighted by molar-refractivity contribution is 5.75. The Morgan fingerprint density at radius 3 is 2.35 bits per heavy atom. The zero-order valence-electron chi connectivity index (χ0n) is 11.9. The molecule has 0 saturated carbocycles. The number of nitrogens with two attached hydrogens (primary N) is 1. The second-order valence-corrected chi connectivity index (χ2v) is 4.38. The van der Waals surface area contributed by atoms with Crippen molar-refractivity contribution in [2.24, 2.45) is 0 Å². The molecule has 0 aliphatic rings. The van der Waals surface area contributed by atoms with Crippen LogP contribution in [-0.4, -0.2) is 36.6 Å². The molecule has 0 unspecified atom stereocenters. The second kappa shape index (κ2) is 7.80. The van der Waals surface area contributed by atoms with E-state index in [1.165, 1.54) is 11.2 Å². The minimum Gasteiger partial charge on any atom is -0.393 e. The third-order valence-electron chi connectivity index (χ3n) is 2.87. The SMILES string of the molecule is CCCCN(C)c1ncnc(N(CC#N)CC#N)c1N. The molecule has 1 heterocycles. The fraction of sp³-hybridized carbons (Fsp3) is 0.538. The molecule has 0 bridgehead atoms. The van der Waals surface area contributed by atoms with E-state index in [1.807, 2.05) is 24.1 Å². The van der Waals surface area contributed by atoms with Gasteiger partial charge in [-0.1, -0.05) is 13.3 Å². The van der Waals surface area contributed by atoms with Gasteiger partial charge in [0.25, 0.3) is 0 Å². The monoisotopic (exact) mass is 273 g/mol. The lowest BCUT2D eigenvalue weighted by Gasteiger charge is -2.24. The van der Waals surface area contributed by atoms with Crippen LogP contribution in [0, 0.1) is 22.7 Å². The lowest BCUT2D eigenvalue weighted by Crippen LogP contribution is -2.28. The van der Waals surface area contributed by atoms with E-state index >= 15 is 0 Å². The van der Waals surface area contributed by atoms with Crippen molar-refractivity contribution in [3.63, 3.8) is 0 Å². The largest absolute Gasteiger partial charge is 0.393 e. The Bertz CT molecular complexity index is 498. The van der Waals surface area contributed by atoms with Crippen molar-refractivity contribution in [3.05, 3.63) is 6.33 Å². The van der Waals surface area contributed by atoms with Gasteiger partial charge in [0, 0.05) is 13.6 Å². The Morgan fingerprint density at radius 1 is 1.20 bits per heavy atom. The molecular formula is C13H19N7. The number of aromatic nitrogens is 2. The molecule has 0 aliphatic heterocycles. The van der Waals surface area contributed by atoms with E-state index in [4.69, 9.17) is 16.3 Å². The Balaban J connectivity index is 3.05. The number of rotatable bonds is 7. The summed E-state index contributed by atoms with van der Waals surface area (Å²) in [6.07, 6.45) is 3.53. The van der Waals surface area contributed by atoms with E-state index in [0.717, 1.165) is 19.4 Å². The van der Waals surface area contributed by atoms with Gasteiger partial charge < -0.3 is 15.5 Å². The van der Waals surface area contributed by atoms with Gasteiger partial charge in [0.15, 0.2) is 11.6 Å². The fourth-order valence-corrected chi connectivity index (χ4v) is 1.81. The van der Waals surface area contributed by atoms with Crippen LogP contribution < -0.4 is 15.5 Å². The maximum absolute atomic E-state index is 8.81. The summed E-state index contributed by atoms with van der Waals surface area (Å²) in [6, 6.07) is 4.01. The molecule has 1 aromatic heterocycles. The maximum atomic E-state index is 8.81. The van der Waals surface area contributed by atoms with Gasteiger partial charge >= 0.3 is 0 Å². The minimum absolute atomic E-state index is 0.0624. The van der Waals surface area contributed by atoms with E-state index in [2.05, 4.69) is 16.9 Å². The predicted octanol–water partition coefficient (Wildman–Crippen LogP) is 1.15. The normalized spacial score (nSPS) is 9.60. The molecule has 0 amide bonds.